The molecular formula is C16H34N2. The van der Waals surface area contributed by atoms with E-state index in [1.807, 2.05) is 0 Å². The maximum atomic E-state index is 5.99. The van der Waals surface area contributed by atoms with Crippen LogP contribution in [-0.4, -0.2) is 30.6 Å². The standard InChI is InChI=1S/C16H34N2/c1-4-5-6-7-8-10-15(13-17)18-12-9-11-16(2,3)14-18/h15H,4-14,17H2,1-3H3. The van der Waals surface area contributed by atoms with Gasteiger partial charge in [-0.2, -0.15) is 0 Å². The Morgan fingerprint density at radius 3 is 2.50 bits per heavy atom. The zero-order valence-electron chi connectivity index (χ0n) is 12.9. The number of nitrogens with two attached hydrogens (primary N) is 1. The summed E-state index contributed by atoms with van der Waals surface area (Å²) in [7, 11) is 0. The quantitative estimate of drug-likeness (QED) is 0.668. The second kappa shape index (κ2) is 8.16. The fraction of sp³-hybridized carbons (Fsp3) is 1.00. The summed E-state index contributed by atoms with van der Waals surface area (Å²) in [6.07, 6.45) is 10.9. The van der Waals surface area contributed by atoms with Crippen LogP contribution in [0.3, 0.4) is 0 Å². The molecule has 1 aliphatic rings. The molecule has 1 fully saturated rings. The molecule has 2 N–H and O–H groups in total. The van der Waals surface area contributed by atoms with Gasteiger partial charge in [0.25, 0.3) is 0 Å². The zero-order valence-corrected chi connectivity index (χ0v) is 12.9. The third-order valence-corrected chi connectivity index (χ3v) is 4.36. The molecule has 0 amide bonds. The molecular weight excluding hydrogens is 220 g/mol. The van der Waals surface area contributed by atoms with E-state index in [2.05, 4.69) is 25.7 Å². The minimum atomic E-state index is 0.494. The van der Waals surface area contributed by atoms with E-state index in [4.69, 9.17) is 5.73 Å². The van der Waals surface area contributed by atoms with Crippen molar-refractivity contribution in [2.75, 3.05) is 19.6 Å². The van der Waals surface area contributed by atoms with Gasteiger partial charge in [-0.25, -0.2) is 0 Å². The molecule has 1 atom stereocenters. The highest BCUT2D eigenvalue weighted by Crippen LogP contribution is 2.30. The predicted octanol–water partition coefficient (Wildman–Crippen LogP) is 3.80. The number of rotatable bonds is 8. The summed E-state index contributed by atoms with van der Waals surface area (Å²) in [6, 6.07) is 0.631. The highest BCUT2D eigenvalue weighted by molar-refractivity contribution is 4.84. The van der Waals surface area contributed by atoms with Gasteiger partial charge >= 0.3 is 0 Å². The van der Waals surface area contributed by atoms with E-state index < -0.39 is 0 Å². The maximum Gasteiger partial charge on any atom is 0.0218 e. The van der Waals surface area contributed by atoms with Crippen LogP contribution in [0.5, 0.6) is 0 Å². The first-order valence-corrected chi connectivity index (χ1v) is 8.03. The van der Waals surface area contributed by atoms with Crippen molar-refractivity contribution in [2.45, 2.75) is 78.2 Å². The Morgan fingerprint density at radius 2 is 1.89 bits per heavy atom. The van der Waals surface area contributed by atoms with E-state index in [9.17, 15) is 0 Å². The lowest BCUT2D eigenvalue weighted by Crippen LogP contribution is -2.48. The molecule has 0 radical (unpaired) electrons. The first-order valence-electron chi connectivity index (χ1n) is 8.03. The van der Waals surface area contributed by atoms with Gasteiger partial charge in [0, 0.05) is 19.1 Å². The third kappa shape index (κ3) is 5.71. The summed E-state index contributed by atoms with van der Waals surface area (Å²) in [4.78, 5) is 2.66. The summed E-state index contributed by atoms with van der Waals surface area (Å²) in [5, 5.41) is 0. The highest BCUT2D eigenvalue weighted by Gasteiger charge is 2.29. The predicted molar refractivity (Wildman–Crippen MR) is 80.8 cm³/mol. The molecule has 1 aliphatic heterocycles. The number of hydrogen-bond donors (Lipinski definition) is 1. The van der Waals surface area contributed by atoms with Crippen molar-refractivity contribution in [2.24, 2.45) is 11.1 Å². The molecule has 1 saturated heterocycles. The van der Waals surface area contributed by atoms with Crippen molar-refractivity contribution in [3.05, 3.63) is 0 Å². The van der Waals surface area contributed by atoms with E-state index in [1.54, 1.807) is 0 Å². The molecule has 2 heteroatoms. The molecule has 0 saturated carbocycles. The normalized spacial score (nSPS) is 22.0. The van der Waals surface area contributed by atoms with Gasteiger partial charge in [-0.3, -0.25) is 4.90 Å². The van der Waals surface area contributed by atoms with Crippen LogP contribution in [0.4, 0.5) is 0 Å². The van der Waals surface area contributed by atoms with E-state index in [-0.39, 0.29) is 0 Å². The van der Waals surface area contributed by atoms with E-state index in [0.717, 1.165) is 6.54 Å². The maximum absolute atomic E-state index is 5.99. The Labute approximate surface area is 114 Å². The van der Waals surface area contributed by atoms with Crippen LogP contribution in [0.2, 0.25) is 0 Å². The molecule has 18 heavy (non-hydrogen) atoms. The van der Waals surface area contributed by atoms with Crippen molar-refractivity contribution in [3.63, 3.8) is 0 Å². The van der Waals surface area contributed by atoms with Gasteiger partial charge in [-0.05, 0) is 31.2 Å². The first kappa shape index (κ1) is 16.0. The molecule has 0 spiro atoms. The highest BCUT2D eigenvalue weighted by atomic mass is 15.2. The second-order valence-electron chi connectivity index (χ2n) is 6.83. The monoisotopic (exact) mass is 254 g/mol. The summed E-state index contributed by atoms with van der Waals surface area (Å²) < 4.78 is 0. The summed E-state index contributed by atoms with van der Waals surface area (Å²) in [5.74, 6) is 0. The molecule has 0 bridgehead atoms. The lowest BCUT2D eigenvalue weighted by atomic mass is 9.83. The lowest BCUT2D eigenvalue weighted by molar-refractivity contribution is 0.0761. The molecule has 1 unspecified atom stereocenters. The average molecular weight is 254 g/mol. The zero-order chi connectivity index (χ0) is 13.4. The smallest absolute Gasteiger partial charge is 0.0218 e. The number of piperidine rings is 1. The fourth-order valence-electron chi connectivity index (χ4n) is 3.21. The molecule has 108 valence electrons. The fourth-order valence-corrected chi connectivity index (χ4v) is 3.21. The first-order chi connectivity index (χ1) is 8.59. The summed E-state index contributed by atoms with van der Waals surface area (Å²) in [6.45, 7) is 10.4. The van der Waals surface area contributed by atoms with Crippen molar-refractivity contribution in [3.8, 4) is 0 Å². The van der Waals surface area contributed by atoms with Crippen LogP contribution in [0, 0.1) is 5.41 Å². The van der Waals surface area contributed by atoms with E-state index >= 15 is 0 Å². The molecule has 0 aliphatic carbocycles. The van der Waals surface area contributed by atoms with Gasteiger partial charge in [0.15, 0.2) is 0 Å². The Kier molecular flexibility index (Phi) is 7.25. The molecule has 1 heterocycles. The van der Waals surface area contributed by atoms with Crippen LogP contribution < -0.4 is 5.73 Å². The number of unbranched alkanes of at least 4 members (excludes halogenated alkanes) is 4. The van der Waals surface area contributed by atoms with Crippen molar-refractivity contribution >= 4 is 0 Å². The lowest BCUT2D eigenvalue weighted by Gasteiger charge is -2.42. The molecule has 0 aromatic heterocycles. The van der Waals surface area contributed by atoms with Crippen molar-refractivity contribution < 1.29 is 0 Å². The molecule has 0 aromatic rings. The minimum absolute atomic E-state index is 0.494. The third-order valence-electron chi connectivity index (χ3n) is 4.36. The molecule has 0 aromatic carbocycles. The van der Waals surface area contributed by atoms with E-state index in [0.29, 0.717) is 11.5 Å². The van der Waals surface area contributed by atoms with Gasteiger partial charge < -0.3 is 5.73 Å². The van der Waals surface area contributed by atoms with Crippen LogP contribution in [0.25, 0.3) is 0 Å². The number of likely N-dealkylation sites (tertiary alicyclic amines) is 1. The second-order valence-corrected chi connectivity index (χ2v) is 6.83. The summed E-state index contributed by atoms with van der Waals surface area (Å²) >= 11 is 0. The van der Waals surface area contributed by atoms with E-state index in [1.165, 1.54) is 64.5 Å². The SMILES string of the molecule is CCCCCCCC(CN)N1CCCC(C)(C)C1. The number of nitrogens with zero attached hydrogens (tertiary/aromatic N) is 1. The van der Waals surface area contributed by atoms with Gasteiger partial charge in [0.2, 0.25) is 0 Å². The van der Waals surface area contributed by atoms with Crippen molar-refractivity contribution in [1.29, 1.82) is 0 Å². The number of hydrogen-bond acceptors (Lipinski definition) is 2. The Balaban J connectivity index is 2.27. The van der Waals surface area contributed by atoms with Gasteiger partial charge in [0.05, 0.1) is 0 Å². The Morgan fingerprint density at radius 1 is 1.17 bits per heavy atom. The molecule has 1 rings (SSSR count). The van der Waals surface area contributed by atoms with Gasteiger partial charge in [-0.1, -0.05) is 52.9 Å². The Hall–Kier alpha value is -0.0800. The van der Waals surface area contributed by atoms with Crippen LogP contribution >= 0.6 is 0 Å². The van der Waals surface area contributed by atoms with Crippen LogP contribution in [-0.2, 0) is 0 Å². The minimum Gasteiger partial charge on any atom is -0.329 e. The Bertz CT molecular complexity index is 213. The average Bonchev–Trinajstić information content (AvgIpc) is 2.32. The molecule has 2 nitrogen and oxygen atoms in total. The summed E-state index contributed by atoms with van der Waals surface area (Å²) in [5.41, 5.74) is 6.49. The van der Waals surface area contributed by atoms with Crippen molar-refractivity contribution in [1.82, 2.24) is 4.90 Å². The topological polar surface area (TPSA) is 29.3 Å². The van der Waals surface area contributed by atoms with Gasteiger partial charge in [0.1, 0.15) is 0 Å². The van der Waals surface area contributed by atoms with Crippen LogP contribution in [0.15, 0.2) is 0 Å². The largest absolute Gasteiger partial charge is 0.329 e. The van der Waals surface area contributed by atoms with Gasteiger partial charge in [-0.15, -0.1) is 0 Å². The van der Waals surface area contributed by atoms with Crippen LogP contribution in [0.1, 0.15) is 72.1 Å².